The smallest absolute Gasteiger partial charge is 0.170 e. The van der Waals surface area contributed by atoms with Gasteiger partial charge >= 0.3 is 0 Å². The molecule has 0 aliphatic heterocycles. The summed E-state index contributed by atoms with van der Waals surface area (Å²) in [6.07, 6.45) is 2.57. The number of nitrogens with zero attached hydrogens (tertiary/aromatic N) is 2. The molecule has 2 heterocycles. The number of hydrogen-bond donors (Lipinski definition) is 0. The second kappa shape index (κ2) is 3.14. The normalized spacial score (nSPS) is 10.4. The molecule has 72 valence electrons. The Hall–Kier alpha value is -1.84. The highest BCUT2D eigenvalue weighted by atomic mass is 16.5. The second-order valence-electron chi connectivity index (χ2n) is 2.99. The Labute approximate surface area is 81.1 Å². The Morgan fingerprint density at radius 1 is 1.50 bits per heavy atom. The number of aldehydes is 1. The number of imidazole rings is 1. The van der Waals surface area contributed by atoms with Gasteiger partial charge in [-0.3, -0.25) is 9.20 Å². The number of methoxy groups -OCH3 is 1. The summed E-state index contributed by atoms with van der Waals surface area (Å²) < 4.78 is 6.92. The van der Waals surface area contributed by atoms with Crippen molar-refractivity contribution in [3.05, 3.63) is 29.8 Å². The van der Waals surface area contributed by atoms with E-state index in [4.69, 9.17) is 4.74 Å². The summed E-state index contributed by atoms with van der Waals surface area (Å²) in [6.45, 7) is 1.85. The van der Waals surface area contributed by atoms with Crippen molar-refractivity contribution in [2.24, 2.45) is 0 Å². The van der Waals surface area contributed by atoms with Crippen molar-refractivity contribution in [1.29, 1.82) is 0 Å². The first-order valence-electron chi connectivity index (χ1n) is 4.24. The first-order chi connectivity index (χ1) is 6.76. The van der Waals surface area contributed by atoms with Gasteiger partial charge in [0.2, 0.25) is 0 Å². The Kier molecular flexibility index (Phi) is 1.96. The minimum atomic E-state index is 0.463. The van der Waals surface area contributed by atoms with Gasteiger partial charge in [-0.25, -0.2) is 4.98 Å². The van der Waals surface area contributed by atoms with Crippen molar-refractivity contribution in [3.8, 4) is 5.75 Å². The summed E-state index contributed by atoms with van der Waals surface area (Å²) in [7, 11) is 1.61. The number of pyridine rings is 1. The number of carbonyl (C=O) groups excluding carboxylic acids is 1. The largest absolute Gasteiger partial charge is 0.495 e. The van der Waals surface area contributed by atoms with Crippen LogP contribution in [0.4, 0.5) is 0 Å². The third-order valence-corrected chi connectivity index (χ3v) is 2.16. The quantitative estimate of drug-likeness (QED) is 0.673. The lowest BCUT2D eigenvalue weighted by Crippen LogP contribution is -1.90. The molecular weight excluding hydrogens is 180 g/mol. The molecule has 0 bridgehead atoms. The molecule has 2 aromatic heterocycles. The molecule has 0 atom stereocenters. The van der Waals surface area contributed by atoms with Crippen molar-refractivity contribution in [2.75, 3.05) is 7.11 Å². The molecule has 0 aromatic carbocycles. The highest BCUT2D eigenvalue weighted by Crippen LogP contribution is 2.16. The average Bonchev–Trinajstić information content (AvgIpc) is 2.55. The van der Waals surface area contributed by atoms with Crippen LogP contribution in [-0.2, 0) is 0 Å². The van der Waals surface area contributed by atoms with Gasteiger partial charge < -0.3 is 4.74 Å². The minimum absolute atomic E-state index is 0.463. The van der Waals surface area contributed by atoms with E-state index in [-0.39, 0.29) is 0 Å². The fourth-order valence-corrected chi connectivity index (χ4v) is 1.45. The lowest BCUT2D eigenvalue weighted by molar-refractivity contribution is 0.112. The van der Waals surface area contributed by atoms with E-state index in [0.29, 0.717) is 5.69 Å². The summed E-state index contributed by atoms with van der Waals surface area (Å²) in [6, 6.07) is 3.63. The molecule has 0 saturated heterocycles. The molecule has 4 nitrogen and oxygen atoms in total. The maximum Gasteiger partial charge on any atom is 0.170 e. The molecule has 4 heteroatoms. The molecule has 0 saturated carbocycles. The number of carbonyl (C=O) groups is 1. The van der Waals surface area contributed by atoms with E-state index in [9.17, 15) is 4.79 Å². The van der Waals surface area contributed by atoms with Gasteiger partial charge in [0.15, 0.2) is 6.29 Å². The van der Waals surface area contributed by atoms with Gasteiger partial charge in [-0.2, -0.15) is 0 Å². The molecule has 0 fully saturated rings. The van der Waals surface area contributed by atoms with Gasteiger partial charge in [0.1, 0.15) is 17.3 Å². The van der Waals surface area contributed by atoms with E-state index in [1.807, 2.05) is 29.7 Å². The third-order valence-electron chi connectivity index (χ3n) is 2.16. The van der Waals surface area contributed by atoms with Crippen LogP contribution in [0.2, 0.25) is 0 Å². The van der Waals surface area contributed by atoms with E-state index in [2.05, 4.69) is 4.98 Å². The number of fused-ring (bicyclic) bond motifs is 1. The molecule has 0 aliphatic rings. The summed E-state index contributed by atoms with van der Waals surface area (Å²) in [5, 5.41) is 0. The van der Waals surface area contributed by atoms with Crippen LogP contribution >= 0.6 is 0 Å². The van der Waals surface area contributed by atoms with Crippen molar-refractivity contribution in [3.63, 3.8) is 0 Å². The number of aromatic nitrogens is 2. The van der Waals surface area contributed by atoms with E-state index in [1.165, 1.54) is 0 Å². The Morgan fingerprint density at radius 3 is 2.93 bits per heavy atom. The number of aryl methyl sites for hydroxylation is 1. The maximum absolute atomic E-state index is 10.7. The van der Waals surface area contributed by atoms with Crippen LogP contribution in [0.25, 0.3) is 5.52 Å². The first-order valence-corrected chi connectivity index (χ1v) is 4.24. The average molecular weight is 190 g/mol. The molecule has 2 aromatic rings. The number of rotatable bonds is 2. The predicted molar refractivity (Wildman–Crippen MR) is 51.9 cm³/mol. The monoisotopic (exact) mass is 190 g/mol. The molecule has 0 N–H and O–H groups in total. The van der Waals surface area contributed by atoms with Gasteiger partial charge in [0, 0.05) is 0 Å². The second-order valence-corrected chi connectivity index (χ2v) is 2.99. The van der Waals surface area contributed by atoms with Gasteiger partial charge in [0.25, 0.3) is 0 Å². The van der Waals surface area contributed by atoms with Crippen LogP contribution in [0.3, 0.4) is 0 Å². The van der Waals surface area contributed by atoms with Crippen molar-refractivity contribution in [2.45, 2.75) is 6.92 Å². The van der Waals surface area contributed by atoms with Gasteiger partial charge in [-0.05, 0) is 19.1 Å². The van der Waals surface area contributed by atoms with Gasteiger partial charge in [0.05, 0.1) is 18.8 Å². The van der Waals surface area contributed by atoms with E-state index in [0.717, 1.165) is 23.4 Å². The third kappa shape index (κ3) is 1.16. The summed E-state index contributed by atoms with van der Waals surface area (Å²) in [5.74, 6) is 1.52. The van der Waals surface area contributed by atoms with Crippen LogP contribution in [0.15, 0.2) is 18.3 Å². The maximum atomic E-state index is 10.7. The zero-order valence-electron chi connectivity index (χ0n) is 8.02. The molecule has 14 heavy (non-hydrogen) atoms. The predicted octanol–water partition coefficient (Wildman–Crippen LogP) is 1.46. The molecule has 0 amide bonds. The summed E-state index contributed by atoms with van der Waals surface area (Å²) in [5.41, 5.74) is 1.27. The van der Waals surface area contributed by atoms with E-state index >= 15 is 0 Å². The zero-order valence-corrected chi connectivity index (χ0v) is 8.02. The van der Waals surface area contributed by atoms with Crippen molar-refractivity contribution < 1.29 is 9.53 Å². The highest BCUT2D eigenvalue weighted by molar-refractivity contribution is 5.83. The summed E-state index contributed by atoms with van der Waals surface area (Å²) >= 11 is 0. The van der Waals surface area contributed by atoms with Crippen LogP contribution in [0.1, 0.15) is 16.3 Å². The lowest BCUT2D eigenvalue weighted by Gasteiger charge is -2.01. The molecular formula is C10H10N2O2. The zero-order chi connectivity index (χ0) is 10.1. The molecule has 0 unspecified atom stereocenters. The van der Waals surface area contributed by atoms with Crippen molar-refractivity contribution in [1.82, 2.24) is 9.38 Å². The van der Waals surface area contributed by atoms with Gasteiger partial charge in [-0.15, -0.1) is 0 Å². The lowest BCUT2D eigenvalue weighted by atomic mass is 10.3. The molecule has 2 rings (SSSR count). The summed E-state index contributed by atoms with van der Waals surface area (Å²) in [4.78, 5) is 14.8. The first kappa shape index (κ1) is 8.74. The van der Waals surface area contributed by atoms with Crippen molar-refractivity contribution >= 4 is 11.8 Å². The topological polar surface area (TPSA) is 43.6 Å². The van der Waals surface area contributed by atoms with Crippen LogP contribution in [0, 0.1) is 6.92 Å². The fourth-order valence-electron chi connectivity index (χ4n) is 1.45. The number of hydrogen-bond acceptors (Lipinski definition) is 3. The Balaban J connectivity index is 2.76. The van der Waals surface area contributed by atoms with Crippen LogP contribution < -0.4 is 4.74 Å². The standard InChI is InChI=1S/C10H10N2O2/c1-7-11-9(6-13)10-4-3-8(14-2)5-12(7)10/h3-6H,1-2H3. The Bertz CT molecular complexity index is 488. The number of ether oxygens (including phenoxy) is 1. The van der Waals surface area contributed by atoms with Gasteiger partial charge in [-0.1, -0.05) is 0 Å². The van der Waals surface area contributed by atoms with Crippen LogP contribution in [-0.4, -0.2) is 22.8 Å². The van der Waals surface area contributed by atoms with E-state index < -0.39 is 0 Å². The molecule has 0 spiro atoms. The highest BCUT2D eigenvalue weighted by Gasteiger charge is 2.07. The van der Waals surface area contributed by atoms with E-state index in [1.54, 1.807) is 7.11 Å². The molecule has 0 radical (unpaired) electrons. The minimum Gasteiger partial charge on any atom is -0.495 e. The molecule has 0 aliphatic carbocycles. The van der Waals surface area contributed by atoms with Crippen LogP contribution in [0.5, 0.6) is 5.75 Å². The fraction of sp³-hybridized carbons (Fsp3) is 0.200. The Morgan fingerprint density at radius 2 is 2.29 bits per heavy atom. The SMILES string of the molecule is COc1ccc2c(C=O)nc(C)n2c1.